The molecular weight excluding hydrogens is 318 g/mol. The first-order valence-electron chi connectivity index (χ1n) is 7.73. The van der Waals surface area contributed by atoms with Gasteiger partial charge in [0.2, 0.25) is 5.95 Å². The number of benzene rings is 1. The van der Waals surface area contributed by atoms with Gasteiger partial charge in [-0.3, -0.25) is 9.78 Å². The lowest BCUT2D eigenvalue weighted by atomic mass is 10.2. The lowest BCUT2D eigenvalue weighted by Gasteiger charge is -2.11. The Bertz CT molecular complexity index is 841. The van der Waals surface area contributed by atoms with Crippen LogP contribution < -0.4 is 10.6 Å². The highest BCUT2D eigenvalue weighted by Crippen LogP contribution is 2.21. The van der Waals surface area contributed by atoms with Gasteiger partial charge in [0.1, 0.15) is 12.4 Å². The van der Waals surface area contributed by atoms with E-state index in [0.29, 0.717) is 18.1 Å². The Morgan fingerprint density at radius 2 is 1.76 bits per heavy atom. The van der Waals surface area contributed by atoms with Crippen LogP contribution >= 0.6 is 0 Å². The number of carbonyl (C=O) groups is 1. The summed E-state index contributed by atoms with van der Waals surface area (Å²) in [5.74, 6) is -0.109. The molecule has 126 valence electrons. The van der Waals surface area contributed by atoms with Crippen molar-refractivity contribution in [2.24, 2.45) is 0 Å². The van der Waals surface area contributed by atoms with E-state index in [-0.39, 0.29) is 12.5 Å². The van der Waals surface area contributed by atoms with Gasteiger partial charge in [-0.05, 0) is 17.7 Å². The minimum Gasteiger partial charge on any atom is -0.480 e. The molecule has 0 saturated carbocycles. The van der Waals surface area contributed by atoms with Gasteiger partial charge in [-0.15, -0.1) is 0 Å². The van der Waals surface area contributed by atoms with Crippen LogP contribution in [-0.2, 0) is 11.3 Å². The molecule has 0 fully saturated rings. The monoisotopic (exact) mass is 335 g/mol. The van der Waals surface area contributed by atoms with Crippen LogP contribution in [-0.4, -0.2) is 32.6 Å². The molecule has 0 unspecified atom stereocenters. The van der Waals surface area contributed by atoms with Gasteiger partial charge in [-0.1, -0.05) is 30.3 Å². The van der Waals surface area contributed by atoms with E-state index in [9.17, 15) is 4.79 Å². The zero-order valence-corrected chi connectivity index (χ0v) is 13.4. The first-order chi connectivity index (χ1) is 12.2. The molecule has 3 N–H and O–H groups in total. The predicted molar refractivity (Wildman–Crippen MR) is 95.2 cm³/mol. The van der Waals surface area contributed by atoms with Crippen LogP contribution in [0.2, 0.25) is 0 Å². The summed E-state index contributed by atoms with van der Waals surface area (Å²) in [4.78, 5) is 23.5. The molecule has 0 amide bonds. The smallest absolute Gasteiger partial charge is 0.322 e. The van der Waals surface area contributed by atoms with Gasteiger partial charge in [0.05, 0.1) is 5.69 Å². The summed E-state index contributed by atoms with van der Waals surface area (Å²) in [5.41, 5.74) is 2.67. The van der Waals surface area contributed by atoms with Crippen molar-refractivity contribution in [3.8, 4) is 11.3 Å². The fraction of sp³-hybridized carbons (Fsp3) is 0.111. The first kappa shape index (κ1) is 16.4. The van der Waals surface area contributed by atoms with Gasteiger partial charge >= 0.3 is 5.97 Å². The predicted octanol–water partition coefficient (Wildman–Crippen LogP) is 2.65. The molecule has 0 bridgehead atoms. The molecule has 0 spiro atoms. The van der Waals surface area contributed by atoms with E-state index in [1.165, 1.54) is 0 Å². The largest absolute Gasteiger partial charge is 0.480 e. The fourth-order valence-corrected chi connectivity index (χ4v) is 2.23. The molecule has 0 aliphatic rings. The Morgan fingerprint density at radius 1 is 1.00 bits per heavy atom. The highest BCUT2D eigenvalue weighted by Gasteiger charge is 2.08. The van der Waals surface area contributed by atoms with Crippen LogP contribution in [0.15, 0.2) is 60.9 Å². The molecule has 3 rings (SSSR count). The van der Waals surface area contributed by atoms with E-state index >= 15 is 0 Å². The number of hydrogen-bond donors (Lipinski definition) is 3. The highest BCUT2D eigenvalue weighted by molar-refractivity contribution is 5.72. The SMILES string of the molecule is O=C(O)CNc1nc(NCc2ccccc2)cc(-c2ccncc2)n1. The van der Waals surface area contributed by atoms with E-state index in [2.05, 4.69) is 25.6 Å². The normalized spacial score (nSPS) is 10.2. The van der Waals surface area contributed by atoms with Gasteiger partial charge in [0.25, 0.3) is 0 Å². The summed E-state index contributed by atoms with van der Waals surface area (Å²) in [7, 11) is 0. The van der Waals surface area contributed by atoms with Crippen molar-refractivity contribution in [1.82, 2.24) is 15.0 Å². The van der Waals surface area contributed by atoms with Crippen LogP contribution in [0.25, 0.3) is 11.3 Å². The van der Waals surface area contributed by atoms with Crippen LogP contribution in [0.3, 0.4) is 0 Å². The molecule has 0 radical (unpaired) electrons. The number of pyridine rings is 1. The van der Waals surface area contributed by atoms with Crippen molar-refractivity contribution < 1.29 is 9.90 Å². The van der Waals surface area contributed by atoms with Gasteiger partial charge in [-0.2, -0.15) is 4.98 Å². The standard InChI is InChI=1S/C18H17N5O2/c24-17(25)12-21-18-22-15(14-6-8-19-9-7-14)10-16(23-18)20-11-13-4-2-1-3-5-13/h1-10H,11-12H2,(H,24,25)(H2,20,21,22,23). The van der Waals surface area contributed by atoms with Gasteiger partial charge in [-0.25, -0.2) is 4.98 Å². The molecule has 25 heavy (non-hydrogen) atoms. The number of hydrogen-bond acceptors (Lipinski definition) is 6. The Morgan fingerprint density at radius 3 is 2.48 bits per heavy atom. The van der Waals surface area contributed by atoms with Crippen LogP contribution in [0, 0.1) is 0 Å². The number of aromatic nitrogens is 3. The highest BCUT2D eigenvalue weighted by atomic mass is 16.4. The maximum atomic E-state index is 10.8. The summed E-state index contributed by atoms with van der Waals surface area (Å²) in [5, 5.41) is 14.8. The second-order valence-electron chi connectivity index (χ2n) is 5.28. The minimum absolute atomic E-state index is 0.252. The number of nitrogens with zero attached hydrogens (tertiary/aromatic N) is 3. The second kappa shape index (κ2) is 7.87. The summed E-state index contributed by atoms with van der Waals surface area (Å²) in [6.07, 6.45) is 3.36. The van der Waals surface area contributed by atoms with Crippen molar-refractivity contribution in [1.29, 1.82) is 0 Å². The molecule has 3 aromatic rings. The number of carboxylic acid groups (broad SMARTS) is 1. The zero-order valence-electron chi connectivity index (χ0n) is 13.4. The van der Waals surface area contributed by atoms with E-state index in [1.54, 1.807) is 12.4 Å². The first-order valence-corrected chi connectivity index (χ1v) is 7.73. The van der Waals surface area contributed by atoms with Crippen LogP contribution in [0.5, 0.6) is 0 Å². The Balaban J connectivity index is 1.85. The molecule has 0 saturated heterocycles. The third-order valence-corrected chi connectivity index (χ3v) is 3.42. The van der Waals surface area contributed by atoms with Gasteiger partial charge < -0.3 is 15.7 Å². The maximum Gasteiger partial charge on any atom is 0.322 e. The third kappa shape index (κ3) is 4.74. The number of aliphatic carboxylic acids is 1. The van der Waals surface area contributed by atoms with Crippen molar-refractivity contribution in [3.63, 3.8) is 0 Å². The molecule has 7 nitrogen and oxygen atoms in total. The Labute approximate surface area is 144 Å². The molecule has 1 aromatic carbocycles. The maximum absolute atomic E-state index is 10.8. The molecule has 2 aromatic heterocycles. The minimum atomic E-state index is -0.975. The van der Waals surface area contributed by atoms with Crippen molar-refractivity contribution in [3.05, 3.63) is 66.5 Å². The average Bonchev–Trinajstić information content (AvgIpc) is 2.66. The molecule has 0 aliphatic heterocycles. The zero-order chi connectivity index (χ0) is 17.5. The number of rotatable bonds is 7. The van der Waals surface area contributed by atoms with Gasteiger partial charge in [0.15, 0.2) is 0 Å². The topological polar surface area (TPSA) is 100 Å². The summed E-state index contributed by atoms with van der Waals surface area (Å²) >= 11 is 0. The van der Waals surface area contributed by atoms with E-state index in [1.807, 2.05) is 48.5 Å². The second-order valence-corrected chi connectivity index (χ2v) is 5.28. The summed E-state index contributed by atoms with van der Waals surface area (Å²) < 4.78 is 0. The van der Waals surface area contributed by atoms with Crippen LogP contribution in [0.1, 0.15) is 5.56 Å². The lowest BCUT2D eigenvalue weighted by Crippen LogP contribution is -2.15. The van der Waals surface area contributed by atoms with Crippen molar-refractivity contribution >= 4 is 17.7 Å². The van der Waals surface area contributed by atoms with E-state index < -0.39 is 5.97 Å². The molecule has 0 atom stereocenters. The van der Waals surface area contributed by atoms with Crippen molar-refractivity contribution in [2.75, 3.05) is 17.2 Å². The number of carboxylic acids is 1. The van der Waals surface area contributed by atoms with E-state index in [4.69, 9.17) is 5.11 Å². The molecular formula is C18H17N5O2. The van der Waals surface area contributed by atoms with E-state index in [0.717, 1.165) is 11.1 Å². The quantitative estimate of drug-likeness (QED) is 0.610. The molecule has 7 heteroatoms. The number of anilines is 2. The Hall–Kier alpha value is -3.48. The molecule has 2 heterocycles. The Kier molecular flexibility index (Phi) is 5.16. The van der Waals surface area contributed by atoms with Crippen LogP contribution in [0.4, 0.5) is 11.8 Å². The fourth-order valence-electron chi connectivity index (χ4n) is 2.23. The summed E-state index contributed by atoms with van der Waals surface area (Å²) in [6.45, 7) is 0.351. The van der Waals surface area contributed by atoms with Crippen molar-refractivity contribution in [2.45, 2.75) is 6.54 Å². The summed E-state index contributed by atoms with van der Waals surface area (Å²) in [6, 6.07) is 15.4. The molecule has 0 aliphatic carbocycles. The lowest BCUT2D eigenvalue weighted by molar-refractivity contribution is -0.134. The number of nitrogens with one attached hydrogen (secondary N) is 2. The third-order valence-electron chi connectivity index (χ3n) is 3.42. The average molecular weight is 335 g/mol. The van der Waals surface area contributed by atoms with Gasteiger partial charge in [0, 0.05) is 30.6 Å².